The molecule has 0 aromatic heterocycles. The van der Waals surface area contributed by atoms with Crippen molar-refractivity contribution < 1.29 is 4.39 Å². The predicted octanol–water partition coefficient (Wildman–Crippen LogP) is 3.66. The number of aryl methyl sites for hydroxylation is 2. The van der Waals surface area contributed by atoms with Crippen molar-refractivity contribution in [2.24, 2.45) is 0 Å². The zero-order valence-corrected chi connectivity index (χ0v) is 7.68. The first-order valence-corrected chi connectivity index (χ1v) is 4.01. The van der Waals surface area contributed by atoms with Gasteiger partial charge in [-0.25, -0.2) is 4.39 Å². The van der Waals surface area contributed by atoms with Crippen LogP contribution in [0, 0.1) is 6.92 Å². The van der Waals surface area contributed by atoms with Crippen LogP contribution >= 0.6 is 0 Å². The van der Waals surface area contributed by atoms with Crippen LogP contribution in [0.2, 0.25) is 0 Å². The topological polar surface area (TPSA) is 0 Å². The maximum absolute atomic E-state index is 10.1. The smallest absolute Gasteiger partial charge is 0.0795 e. The van der Waals surface area contributed by atoms with Gasteiger partial charge in [0.2, 0.25) is 0 Å². The molecule has 0 fully saturated rings. The first-order valence-electron chi connectivity index (χ1n) is 4.01. The van der Waals surface area contributed by atoms with E-state index in [1.54, 1.807) is 0 Å². The molecule has 0 heterocycles. The Bertz CT molecular complexity index is 228. The van der Waals surface area contributed by atoms with Gasteiger partial charge in [0.1, 0.15) is 0 Å². The SMILES string of the molecule is C=CF.CCc1ccccc1C. The van der Waals surface area contributed by atoms with Crippen LogP contribution in [0.3, 0.4) is 0 Å². The first-order chi connectivity index (χ1) is 5.76. The molecular formula is C11H15F. The third-order valence-electron chi connectivity index (χ3n) is 1.64. The minimum absolute atomic E-state index is 0.250. The van der Waals surface area contributed by atoms with Crippen molar-refractivity contribution in [1.82, 2.24) is 0 Å². The molecule has 1 heteroatoms. The van der Waals surface area contributed by atoms with Crippen molar-refractivity contribution in [2.45, 2.75) is 20.3 Å². The van der Waals surface area contributed by atoms with E-state index < -0.39 is 0 Å². The van der Waals surface area contributed by atoms with E-state index in [0.29, 0.717) is 0 Å². The van der Waals surface area contributed by atoms with E-state index >= 15 is 0 Å². The maximum Gasteiger partial charge on any atom is 0.0795 e. The summed E-state index contributed by atoms with van der Waals surface area (Å²) in [5.74, 6) is 0. The first kappa shape index (κ1) is 10.9. The average molecular weight is 166 g/mol. The molecule has 0 saturated carbocycles. The highest BCUT2D eigenvalue weighted by atomic mass is 19.1. The van der Waals surface area contributed by atoms with Gasteiger partial charge in [0, 0.05) is 0 Å². The number of halogens is 1. The second-order valence-electron chi connectivity index (χ2n) is 2.43. The predicted molar refractivity (Wildman–Crippen MR) is 51.9 cm³/mol. The van der Waals surface area contributed by atoms with Gasteiger partial charge >= 0.3 is 0 Å². The van der Waals surface area contributed by atoms with Crippen LogP contribution in [0.1, 0.15) is 18.1 Å². The largest absolute Gasteiger partial charge is 0.216 e. The van der Waals surface area contributed by atoms with E-state index in [1.807, 2.05) is 0 Å². The number of rotatable bonds is 1. The summed E-state index contributed by atoms with van der Waals surface area (Å²) in [5.41, 5.74) is 2.86. The fourth-order valence-corrected chi connectivity index (χ4v) is 1.01. The number of hydrogen-bond donors (Lipinski definition) is 0. The fourth-order valence-electron chi connectivity index (χ4n) is 1.01. The Hall–Kier alpha value is -1.11. The quantitative estimate of drug-likeness (QED) is 0.597. The number of hydrogen-bond acceptors (Lipinski definition) is 0. The second kappa shape index (κ2) is 6.59. The van der Waals surface area contributed by atoms with Gasteiger partial charge in [-0.3, -0.25) is 0 Å². The molecule has 1 rings (SSSR count). The van der Waals surface area contributed by atoms with Crippen LogP contribution < -0.4 is 0 Å². The van der Waals surface area contributed by atoms with Gasteiger partial charge in [-0.15, -0.1) is 0 Å². The molecule has 0 aliphatic heterocycles. The third-order valence-corrected chi connectivity index (χ3v) is 1.64. The molecule has 0 bridgehead atoms. The molecule has 0 unspecified atom stereocenters. The van der Waals surface area contributed by atoms with Gasteiger partial charge < -0.3 is 0 Å². The van der Waals surface area contributed by atoms with Crippen LogP contribution in [-0.4, -0.2) is 0 Å². The van der Waals surface area contributed by atoms with Crippen LogP contribution in [-0.2, 0) is 6.42 Å². The van der Waals surface area contributed by atoms with E-state index in [2.05, 4.69) is 44.7 Å². The molecule has 12 heavy (non-hydrogen) atoms. The molecule has 0 aliphatic carbocycles. The van der Waals surface area contributed by atoms with Gasteiger partial charge in [-0.2, -0.15) is 0 Å². The van der Waals surface area contributed by atoms with Gasteiger partial charge in [-0.1, -0.05) is 37.8 Å². The Balaban J connectivity index is 0.000000354. The van der Waals surface area contributed by atoms with Gasteiger partial charge in [0.25, 0.3) is 0 Å². The van der Waals surface area contributed by atoms with E-state index in [9.17, 15) is 4.39 Å². The minimum Gasteiger partial charge on any atom is -0.216 e. The summed E-state index contributed by atoms with van der Waals surface area (Å²) in [7, 11) is 0. The molecular weight excluding hydrogens is 151 g/mol. The zero-order chi connectivity index (χ0) is 9.40. The molecule has 0 N–H and O–H groups in total. The molecule has 1 aromatic rings. The Morgan fingerprint density at radius 1 is 1.42 bits per heavy atom. The Morgan fingerprint density at radius 2 is 1.92 bits per heavy atom. The van der Waals surface area contributed by atoms with Crippen LogP contribution in [0.4, 0.5) is 4.39 Å². The molecule has 0 atom stereocenters. The molecule has 0 aliphatic rings. The van der Waals surface area contributed by atoms with E-state index in [-0.39, 0.29) is 6.33 Å². The lowest BCUT2D eigenvalue weighted by Crippen LogP contribution is -1.82. The highest BCUT2D eigenvalue weighted by Crippen LogP contribution is 2.06. The summed E-state index contributed by atoms with van der Waals surface area (Å²) in [6.45, 7) is 7.03. The second-order valence-corrected chi connectivity index (χ2v) is 2.43. The van der Waals surface area contributed by atoms with E-state index in [4.69, 9.17) is 0 Å². The van der Waals surface area contributed by atoms with Gasteiger partial charge in [0.15, 0.2) is 0 Å². The summed E-state index contributed by atoms with van der Waals surface area (Å²) in [5, 5.41) is 0. The molecule has 0 radical (unpaired) electrons. The van der Waals surface area contributed by atoms with Crippen LogP contribution in [0.5, 0.6) is 0 Å². The van der Waals surface area contributed by atoms with Crippen LogP contribution in [0.15, 0.2) is 37.2 Å². The molecule has 0 spiro atoms. The molecule has 0 nitrogen and oxygen atoms in total. The minimum atomic E-state index is 0.250. The lowest BCUT2D eigenvalue weighted by atomic mass is 10.1. The van der Waals surface area contributed by atoms with Crippen molar-refractivity contribution in [3.05, 3.63) is 48.3 Å². The molecule has 66 valence electrons. The Labute approximate surface area is 73.7 Å². The van der Waals surface area contributed by atoms with Crippen LogP contribution in [0.25, 0.3) is 0 Å². The van der Waals surface area contributed by atoms with Crippen molar-refractivity contribution in [1.29, 1.82) is 0 Å². The summed E-state index contributed by atoms with van der Waals surface area (Å²) in [4.78, 5) is 0. The van der Waals surface area contributed by atoms with E-state index in [0.717, 1.165) is 6.42 Å². The number of benzene rings is 1. The molecule has 1 aromatic carbocycles. The van der Waals surface area contributed by atoms with Crippen molar-refractivity contribution in [2.75, 3.05) is 0 Å². The highest BCUT2D eigenvalue weighted by molar-refractivity contribution is 5.24. The van der Waals surface area contributed by atoms with Crippen molar-refractivity contribution >= 4 is 0 Å². The lowest BCUT2D eigenvalue weighted by Gasteiger charge is -1.98. The molecule has 0 amide bonds. The average Bonchev–Trinajstić information content (AvgIpc) is 2.07. The monoisotopic (exact) mass is 166 g/mol. The summed E-state index contributed by atoms with van der Waals surface area (Å²) in [6.07, 6.45) is 1.40. The maximum atomic E-state index is 10.1. The van der Waals surface area contributed by atoms with Gasteiger partial charge in [0.05, 0.1) is 6.33 Å². The van der Waals surface area contributed by atoms with Gasteiger partial charge in [-0.05, 0) is 24.5 Å². The van der Waals surface area contributed by atoms with E-state index in [1.165, 1.54) is 11.1 Å². The summed E-state index contributed by atoms with van der Waals surface area (Å²) >= 11 is 0. The zero-order valence-electron chi connectivity index (χ0n) is 7.68. The Morgan fingerprint density at radius 3 is 2.25 bits per heavy atom. The fraction of sp³-hybridized carbons (Fsp3) is 0.273. The highest BCUT2D eigenvalue weighted by Gasteiger charge is 1.89. The standard InChI is InChI=1S/C9H12.C2H3F/c1-3-9-7-5-4-6-8(9)2;1-2-3/h4-7H,3H2,1-2H3;2H,1H2. The van der Waals surface area contributed by atoms with Crippen molar-refractivity contribution in [3.63, 3.8) is 0 Å². The van der Waals surface area contributed by atoms with Crippen molar-refractivity contribution in [3.8, 4) is 0 Å². The third kappa shape index (κ3) is 3.91. The normalized spacial score (nSPS) is 8.25. The summed E-state index contributed by atoms with van der Waals surface area (Å²) in [6, 6.07) is 8.49. The lowest BCUT2D eigenvalue weighted by molar-refractivity contribution is 0.725. The Kier molecular flexibility index (Phi) is 5.98. The summed E-state index contributed by atoms with van der Waals surface area (Å²) < 4.78 is 10.1. The molecule has 0 saturated heterocycles.